The van der Waals surface area contributed by atoms with Crippen molar-refractivity contribution >= 4 is 50.5 Å². The van der Waals surface area contributed by atoms with E-state index in [1.807, 2.05) is 6.07 Å². The van der Waals surface area contributed by atoms with Crippen LogP contribution in [0.15, 0.2) is 77.7 Å². The number of carbonyl (C=O) groups excluding carboxylic acids is 1. The highest BCUT2D eigenvalue weighted by Crippen LogP contribution is 2.30. The summed E-state index contributed by atoms with van der Waals surface area (Å²) in [6.45, 7) is -0.477. The van der Waals surface area contributed by atoms with Crippen molar-refractivity contribution < 1.29 is 13.2 Å². The Kier molecular flexibility index (Phi) is 7.18. The number of carbonyl (C=O) groups is 1. The summed E-state index contributed by atoms with van der Waals surface area (Å²) in [5.74, 6) is -0.543. The molecule has 0 aliphatic carbocycles. The van der Waals surface area contributed by atoms with Crippen molar-refractivity contribution in [3.63, 3.8) is 0 Å². The number of benzene rings is 3. The molecule has 0 saturated heterocycles. The summed E-state index contributed by atoms with van der Waals surface area (Å²) in [6.07, 6.45) is 0.259. The minimum atomic E-state index is -4.05. The number of nitrogens with one attached hydrogen (secondary N) is 1. The van der Waals surface area contributed by atoms with Crippen molar-refractivity contribution in [1.29, 1.82) is 5.26 Å². The number of hydrogen-bond acceptors (Lipinski definition) is 4. The summed E-state index contributed by atoms with van der Waals surface area (Å²) in [5.41, 5.74) is 1.50. The summed E-state index contributed by atoms with van der Waals surface area (Å²) in [5, 5.41) is 11.9. The predicted molar refractivity (Wildman–Crippen MR) is 122 cm³/mol. The van der Waals surface area contributed by atoms with E-state index in [9.17, 15) is 13.2 Å². The molecule has 0 heterocycles. The van der Waals surface area contributed by atoms with Crippen molar-refractivity contribution in [2.24, 2.45) is 0 Å². The Morgan fingerprint density at radius 2 is 1.65 bits per heavy atom. The number of hydrogen-bond donors (Lipinski definition) is 1. The van der Waals surface area contributed by atoms with Crippen LogP contribution in [0.1, 0.15) is 5.56 Å². The Balaban J connectivity index is 1.90. The molecule has 0 bridgehead atoms. The number of nitriles is 1. The molecule has 0 radical (unpaired) electrons. The summed E-state index contributed by atoms with van der Waals surface area (Å²) >= 11 is 12.0. The second kappa shape index (κ2) is 9.84. The van der Waals surface area contributed by atoms with E-state index in [-0.39, 0.29) is 27.0 Å². The molecule has 0 aliphatic rings. The molecule has 6 nitrogen and oxygen atoms in total. The average molecular weight is 474 g/mol. The first-order valence-electron chi connectivity index (χ1n) is 9.10. The van der Waals surface area contributed by atoms with Crippen molar-refractivity contribution in [3.05, 3.63) is 88.4 Å². The average Bonchev–Trinajstić information content (AvgIpc) is 2.76. The molecule has 158 valence electrons. The number of anilines is 2. The summed E-state index contributed by atoms with van der Waals surface area (Å²) in [6, 6.07) is 20.9. The second-order valence-corrected chi connectivity index (χ2v) is 9.18. The van der Waals surface area contributed by atoms with Crippen LogP contribution in [0.4, 0.5) is 11.4 Å². The summed E-state index contributed by atoms with van der Waals surface area (Å²) < 4.78 is 27.5. The van der Waals surface area contributed by atoms with Gasteiger partial charge in [0.05, 0.1) is 33.1 Å². The van der Waals surface area contributed by atoms with Crippen LogP contribution >= 0.6 is 23.2 Å². The van der Waals surface area contributed by atoms with Crippen LogP contribution in [0.3, 0.4) is 0 Å². The molecule has 1 N–H and O–H groups in total. The van der Waals surface area contributed by atoms with Gasteiger partial charge in [0.2, 0.25) is 5.91 Å². The van der Waals surface area contributed by atoms with Gasteiger partial charge in [0, 0.05) is 5.69 Å². The van der Waals surface area contributed by atoms with Crippen LogP contribution in [-0.2, 0) is 21.2 Å². The lowest BCUT2D eigenvalue weighted by Gasteiger charge is -2.24. The maximum absolute atomic E-state index is 13.3. The van der Waals surface area contributed by atoms with E-state index in [4.69, 9.17) is 28.5 Å². The second-order valence-electron chi connectivity index (χ2n) is 6.50. The molecule has 1 amide bonds. The lowest BCUT2D eigenvalue weighted by Crippen LogP contribution is -2.38. The monoisotopic (exact) mass is 473 g/mol. The lowest BCUT2D eigenvalue weighted by atomic mass is 10.1. The molecule has 0 unspecified atom stereocenters. The summed E-state index contributed by atoms with van der Waals surface area (Å²) in [4.78, 5) is 12.7. The highest BCUT2D eigenvalue weighted by atomic mass is 35.5. The Morgan fingerprint density at radius 3 is 2.26 bits per heavy atom. The Bertz CT molecular complexity index is 1230. The van der Waals surface area contributed by atoms with Gasteiger partial charge in [-0.15, -0.1) is 0 Å². The van der Waals surface area contributed by atoms with Crippen LogP contribution in [0.25, 0.3) is 0 Å². The third-order valence-electron chi connectivity index (χ3n) is 4.33. The van der Waals surface area contributed by atoms with E-state index in [1.54, 1.807) is 42.5 Å². The zero-order valence-electron chi connectivity index (χ0n) is 16.1. The largest absolute Gasteiger partial charge is 0.325 e. The Hall–Kier alpha value is -3.05. The van der Waals surface area contributed by atoms with E-state index < -0.39 is 22.5 Å². The van der Waals surface area contributed by atoms with E-state index >= 15 is 0 Å². The van der Waals surface area contributed by atoms with Crippen LogP contribution in [0.5, 0.6) is 0 Å². The molecule has 3 aromatic carbocycles. The van der Waals surface area contributed by atoms with Gasteiger partial charge in [-0.2, -0.15) is 5.26 Å². The maximum Gasteiger partial charge on any atom is 0.264 e. The molecule has 3 rings (SSSR count). The summed E-state index contributed by atoms with van der Waals surface area (Å²) in [7, 11) is -4.05. The highest BCUT2D eigenvalue weighted by Gasteiger charge is 2.27. The number of amides is 1. The molecule has 0 spiro atoms. The fraction of sp³-hybridized carbons (Fsp3) is 0.0909. The lowest BCUT2D eigenvalue weighted by molar-refractivity contribution is -0.114. The van der Waals surface area contributed by atoms with Crippen LogP contribution in [-0.4, -0.2) is 20.9 Å². The van der Waals surface area contributed by atoms with Gasteiger partial charge in [-0.1, -0.05) is 53.5 Å². The minimum Gasteiger partial charge on any atom is -0.325 e. The van der Waals surface area contributed by atoms with E-state index in [1.165, 1.54) is 30.3 Å². The van der Waals surface area contributed by atoms with Gasteiger partial charge in [-0.3, -0.25) is 9.10 Å². The van der Waals surface area contributed by atoms with Crippen molar-refractivity contribution in [1.82, 2.24) is 0 Å². The SMILES string of the molecule is N#CCc1ccc(NC(=O)CN(c2ccc(Cl)c(Cl)c2)S(=O)(=O)c2ccccc2)cc1. The third-order valence-corrected chi connectivity index (χ3v) is 6.86. The van der Waals surface area contributed by atoms with Gasteiger partial charge in [0.15, 0.2) is 0 Å². The van der Waals surface area contributed by atoms with Crippen molar-refractivity contribution in [2.45, 2.75) is 11.3 Å². The molecule has 31 heavy (non-hydrogen) atoms. The molecular formula is C22H17Cl2N3O3S. The zero-order chi connectivity index (χ0) is 22.4. The number of sulfonamides is 1. The fourth-order valence-electron chi connectivity index (χ4n) is 2.80. The van der Waals surface area contributed by atoms with Gasteiger partial charge in [-0.05, 0) is 48.0 Å². The molecule has 0 aromatic heterocycles. The van der Waals surface area contributed by atoms with Gasteiger partial charge in [0.1, 0.15) is 6.54 Å². The van der Waals surface area contributed by atoms with E-state index in [2.05, 4.69) is 5.32 Å². The van der Waals surface area contributed by atoms with Gasteiger partial charge in [-0.25, -0.2) is 8.42 Å². The van der Waals surface area contributed by atoms with E-state index in [0.717, 1.165) is 9.87 Å². The van der Waals surface area contributed by atoms with Gasteiger partial charge < -0.3 is 5.32 Å². The quantitative estimate of drug-likeness (QED) is 0.528. The standard InChI is InChI=1S/C22H17Cl2N3O3S/c23-20-11-10-18(14-21(20)24)27(31(29,30)19-4-2-1-3-5-19)15-22(28)26-17-8-6-16(7-9-17)12-13-25/h1-11,14H,12,15H2,(H,26,28). The fourth-order valence-corrected chi connectivity index (χ4v) is 4.53. The molecule has 0 fully saturated rings. The first-order valence-corrected chi connectivity index (χ1v) is 11.3. The Morgan fingerprint density at radius 1 is 0.968 bits per heavy atom. The normalized spacial score (nSPS) is 10.9. The Labute approximate surface area is 190 Å². The predicted octanol–water partition coefficient (Wildman–Crippen LogP) is 4.89. The maximum atomic E-state index is 13.3. The van der Waals surface area contributed by atoms with Crippen molar-refractivity contribution in [3.8, 4) is 6.07 Å². The molecular weight excluding hydrogens is 457 g/mol. The number of halogens is 2. The first-order chi connectivity index (χ1) is 14.8. The first kappa shape index (κ1) is 22.6. The van der Waals surface area contributed by atoms with Crippen LogP contribution < -0.4 is 9.62 Å². The van der Waals surface area contributed by atoms with Crippen LogP contribution in [0, 0.1) is 11.3 Å². The van der Waals surface area contributed by atoms with Crippen LogP contribution in [0.2, 0.25) is 10.0 Å². The van der Waals surface area contributed by atoms with E-state index in [0.29, 0.717) is 5.69 Å². The molecule has 9 heteroatoms. The zero-order valence-corrected chi connectivity index (χ0v) is 18.5. The molecule has 3 aromatic rings. The smallest absolute Gasteiger partial charge is 0.264 e. The topological polar surface area (TPSA) is 90.3 Å². The number of rotatable bonds is 7. The number of nitrogens with zero attached hydrogens (tertiary/aromatic N) is 2. The third kappa shape index (κ3) is 5.56. The highest BCUT2D eigenvalue weighted by molar-refractivity contribution is 7.92. The molecule has 0 aliphatic heterocycles. The molecule has 0 atom stereocenters. The van der Waals surface area contributed by atoms with Gasteiger partial charge >= 0.3 is 0 Å². The molecule has 0 saturated carbocycles. The van der Waals surface area contributed by atoms with Gasteiger partial charge in [0.25, 0.3) is 10.0 Å². The van der Waals surface area contributed by atoms with Crippen molar-refractivity contribution in [2.75, 3.05) is 16.2 Å². The minimum absolute atomic E-state index is 0.0368.